The van der Waals surface area contributed by atoms with Crippen molar-refractivity contribution in [3.8, 4) is 11.1 Å². The average Bonchev–Trinajstić information content (AvgIpc) is 2.45. The smallest absolute Gasteiger partial charge is 0.0184 e. The topological polar surface area (TPSA) is 0 Å². The van der Waals surface area contributed by atoms with Gasteiger partial charge in [-0.3, -0.25) is 0 Å². The fraction of sp³-hybridized carbons (Fsp3) is 0.0588. The van der Waals surface area contributed by atoms with Crippen molar-refractivity contribution in [2.45, 2.75) is 7.43 Å². The maximum Gasteiger partial charge on any atom is -0.0184 e. The van der Waals surface area contributed by atoms with E-state index in [4.69, 9.17) is 0 Å². The van der Waals surface area contributed by atoms with Crippen LogP contribution in [0.25, 0.3) is 11.1 Å². The van der Waals surface area contributed by atoms with Gasteiger partial charge in [-0.25, -0.2) is 0 Å². The molecule has 0 aliphatic heterocycles. The number of benzene rings is 2. The SMILES string of the molecule is C.C=C.C=C.c1ccc(-c2ccccc2)cc1. The predicted molar refractivity (Wildman–Crippen MR) is 81.1 cm³/mol. The van der Waals surface area contributed by atoms with E-state index in [9.17, 15) is 0 Å². The quantitative estimate of drug-likeness (QED) is 0.556. The lowest BCUT2D eigenvalue weighted by Crippen LogP contribution is -1.73. The fourth-order valence-electron chi connectivity index (χ4n) is 1.26. The second kappa shape index (κ2) is 12.0. The van der Waals surface area contributed by atoms with Gasteiger partial charge >= 0.3 is 0 Å². The van der Waals surface area contributed by atoms with Gasteiger partial charge in [-0.05, 0) is 11.1 Å². The lowest BCUT2D eigenvalue weighted by Gasteiger charge is -1.98. The van der Waals surface area contributed by atoms with Gasteiger partial charge in [0, 0.05) is 0 Å². The van der Waals surface area contributed by atoms with Crippen LogP contribution in [-0.4, -0.2) is 0 Å². The van der Waals surface area contributed by atoms with Crippen molar-refractivity contribution in [3.63, 3.8) is 0 Å². The Morgan fingerprint density at radius 2 is 0.706 bits per heavy atom. The first kappa shape index (κ1) is 17.3. The molecule has 0 aliphatic carbocycles. The molecule has 0 bridgehead atoms. The van der Waals surface area contributed by atoms with E-state index in [1.54, 1.807) is 0 Å². The molecule has 0 aromatic heterocycles. The minimum Gasteiger partial charge on any atom is -0.106 e. The van der Waals surface area contributed by atoms with E-state index in [0.717, 1.165) is 0 Å². The van der Waals surface area contributed by atoms with Crippen LogP contribution in [0, 0.1) is 0 Å². The van der Waals surface area contributed by atoms with Crippen LogP contribution in [0.5, 0.6) is 0 Å². The van der Waals surface area contributed by atoms with Gasteiger partial charge in [0.05, 0.1) is 0 Å². The molecule has 0 fully saturated rings. The Hall–Kier alpha value is -2.08. The van der Waals surface area contributed by atoms with Crippen LogP contribution in [0.1, 0.15) is 7.43 Å². The summed E-state index contributed by atoms with van der Waals surface area (Å²) in [6, 6.07) is 20.8. The van der Waals surface area contributed by atoms with Gasteiger partial charge in [0.2, 0.25) is 0 Å². The minimum atomic E-state index is 0. The van der Waals surface area contributed by atoms with Crippen LogP contribution in [0.15, 0.2) is 87.0 Å². The van der Waals surface area contributed by atoms with Crippen molar-refractivity contribution < 1.29 is 0 Å². The second-order valence-corrected chi connectivity index (χ2v) is 2.73. The Kier molecular flexibility index (Phi) is 12.2. The zero-order valence-electron chi connectivity index (χ0n) is 9.60. The zero-order chi connectivity index (χ0) is 12.2. The highest BCUT2D eigenvalue weighted by atomic mass is 14.0. The van der Waals surface area contributed by atoms with Crippen molar-refractivity contribution >= 4 is 0 Å². The lowest BCUT2D eigenvalue weighted by atomic mass is 10.1. The van der Waals surface area contributed by atoms with Crippen molar-refractivity contribution in [1.29, 1.82) is 0 Å². The highest BCUT2D eigenvalue weighted by molar-refractivity contribution is 5.62. The average molecular weight is 226 g/mol. The third-order valence-electron chi connectivity index (χ3n) is 1.88. The first-order chi connectivity index (χ1) is 7.97. The molecule has 0 unspecified atom stereocenters. The van der Waals surface area contributed by atoms with Crippen LogP contribution in [0.2, 0.25) is 0 Å². The van der Waals surface area contributed by atoms with Crippen LogP contribution < -0.4 is 0 Å². The summed E-state index contributed by atoms with van der Waals surface area (Å²) in [6.07, 6.45) is 0. The van der Waals surface area contributed by atoms with E-state index in [1.165, 1.54) is 11.1 Å². The summed E-state index contributed by atoms with van der Waals surface area (Å²) in [6.45, 7) is 12.0. The molecule has 0 amide bonds. The summed E-state index contributed by atoms with van der Waals surface area (Å²) in [7, 11) is 0. The Morgan fingerprint density at radius 3 is 0.941 bits per heavy atom. The minimum absolute atomic E-state index is 0. The Labute approximate surface area is 106 Å². The van der Waals surface area contributed by atoms with Crippen molar-refractivity contribution in [2.24, 2.45) is 0 Å². The molecule has 0 spiro atoms. The van der Waals surface area contributed by atoms with Gasteiger partial charge in [-0.2, -0.15) is 0 Å². The van der Waals surface area contributed by atoms with Gasteiger partial charge in [0.25, 0.3) is 0 Å². The fourth-order valence-corrected chi connectivity index (χ4v) is 1.26. The van der Waals surface area contributed by atoms with Gasteiger partial charge in [-0.1, -0.05) is 68.1 Å². The standard InChI is InChI=1S/C12H10.2C2H4.CH4/c1-3-7-11(8-4-1)12-9-5-2-6-10-12;2*1-2;/h1-10H;2*1-2H2;1H4. The molecular formula is C17H22. The third-order valence-corrected chi connectivity index (χ3v) is 1.88. The first-order valence-corrected chi connectivity index (χ1v) is 5.07. The molecule has 0 heterocycles. The van der Waals surface area contributed by atoms with E-state index in [1.807, 2.05) is 12.1 Å². The van der Waals surface area contributed by atoms with E-state index >= 15 is 0 Å². The molecule has 0 saturated carbocycles. The lowest BCUT2D eigenvalue weighted by molar-refractivity contribution is 1.62. The monoisotopic (exact) mass is 226 g/mol. The van der Waals surface area contributed by atoms with Gasteiger partial charge < -0.3 is 0 Å². The summed E-state index contributed by atoms with van der Waals surface area (Å²) < 4.78 is 0. The van der Waals surface area contributed by atoms with Crippen LogP contribution in [-0.2, 0) is 0 Å². The highest BCUT2D eigenvalue weighted by Crippen LogP contribution is 2.17. The number of hydrogen-bond acceptors (Lipinski definition) is 0. The first-order valence-electron chi connectivity index (χ1n) is 5.07. The summed E-state index contributed by atoms with van der Waals surface area (Å²) >= 11 is 0. The molecule has 90 valence electrons. The van der Waals surface area contributed by atoms with Crippen molar-refractivity contribution in [1.82, 2.24) is 0 Å². The molecule has 0 radical (unpaired) electrons. The van der Waals surface area contributed by atoms with Crippen molar-refractivity contribution in [3.05, 3.63) is 87.0 Å². The van der Waals surface area contributed by atoms with Crippen molar-refractivity contribution in [2.75, 3.05) is 0 Å². The van der Waals surface area contributed by atoms with E-state index in [2.05, 4.69) is 74.8 Å². The van der Waals surface area contributed by atoms with E-state index in [-0.39, 0.29) is 7.43 Å². The molecule has 0 aliphatic rings. The number of rotatable bonds is 1. The molecule has 0 atom stereocenters. The maximum absolute atomic E-state index is 3.00. The Bertz CT molecular complexity index is 322. The maximum atomic E-state index is 3.00. The van der Waals surface area contributed by atoms with Gasteiger partial charge in [-0.15, -0.1) is 26.3 Å². The number of hydrogen-bond donors (Lipinski definition) is 0. The molecule has 2 aromatic carbocycles. The molecule has 2 rings (SSSR count). The second-order valence-electron chi connectivity index (χ2n) is 2.73. The summed E-state index contributed by atoms with van der Waals surface area (Å²) in [5.74, 6) is 0. The molecular weight excluding hydrogens is 204 g/mol. The van der Waals surface area contributed by atoms with Crippen LogP contribution >= 0.6 is 0 Å². The predicted octanol–water partition coefficient (Wildman–Crippen LogP) is 5.59. The molecule has 2 aromatic rings. The van der Waals surface area contributed by atoms with E-state index < -0.39 is 0 Å². The largest absolute Gasteiger partial charge is 0.106 e. The molecule has 0 heteroatoms. The molecule has 0 nitrogen and oxygen atoms in total. The van der Waals surface area contributed by atoms with Gasteiger partial charge in [0.15, 0.2) is 0 Å². The summed E-state index contributed by atoms with van der Waals surface area (Å²) in [4.78, 5) is 0. The van der Waals surface area contributed by atoms with Crippen LogP contribution in [0.3, 0.4) is 0 Å². The summed E-state index contributed by atoms with van der Waals surface area (Å²) in [5, 5.41) is 0. The Morgan fingerprint density at radius 1 is 0.471 bits per heavy atom. The van der Waals surface area contributed by atoms with E-state index in [0.29, 0.717) is 0 Å². The molecule has 0 N–H and O–H groups in total. The van der Waals surface area contributed by atoms with Crippen LogP contribution in [0.4, 0.5) is 0 Å². The normalized spacial score (nSPS) is 7.29. The Balaban J connectivity index is 0. The third kappa shape index (κ3) is 6.16. The summed E-state index contributed by atoms with van der Waals surface area (Å²) in [5.41, 5.74) is 2.55. The van der Waals surface area contributed by atoms with Gasteiger partial charge in [0.1, 0.15) is 0 Å². The molecule has 0 saturated heterocycles. The zero-order valence-corrected chi connectivity index (χ0v) is 9.60. The molecule has 17 heavy (non-hydrogen) atoms. The highest BCUT2D eigenvalue weighted by Gasteiger charge is 1.91.